The first kappa shape index (κ1) is 25.0. The maximum absolute atomic E-state index is 12.6. The van der Waals surface area contributed by atoms with Crippen LogP contribution in [0.5, 0.6) is 0 Å². The van der Waals surface area contributed by atoms with E-state index in [0.29, 0.717) is 5.92 Å². The van der Waals surface area contributed by atoms with Crippen molar-refractivity contribution in [3.63, 3.8) is 0 Å². The average Bonchev–Trinajstić information content (AvgIpc) is 2.73. The molecule has 3 atom stereocenters. The lowest BCUT2D eigenvalue weighted by Gasteiger charge is -2.44. The number of ether oxygens (including phenoxy) is 1. The minimum Gasteiger partial charge on any atom is -0.460 e. The minimum absolute atomic E-state index is 0.0126. The number of aliphatic hydroxyl groups is 1. The number of piperidine rings is 1. The largest absolute Gasteiger partial charge is 0.460 e. The Kier molecular flexibility index (Phi) is 8.21. The molecule has 1 aromatic rings. The predicted octanol–water partition coefficient (Wildman–Crippen LogP) is 5.84. The molecule has 0 spiro atoms. The summed E-state index contributed by atoms with van der Waals surface area (Å²) >= 11 is 0. The molecule has 4 nitrogen and oxygen atoms in total. The number of likely N-dealkylation sites (tertiary alicyclic amines) is 1. The van der Waals surface area contributed by atoms with Crippen molar-refractivity contribution in [3.8, 4) is 0 Å². The Morgan fingerprint density at radius 3 is 2.41 bits per heavy atom. The van der Waals surface area contributed by atoms with Gasteiger partial charge < -0.3 is 9.84 Å². The highest BCUT2D eigenvalue weighted by Gasteiger charge is 2.43. The third-order valence-corrected chi connectivity index (χ3v) is 7.29. The molecule has 1 saturated heterocycles. The highest BCUT2D eigenvalue weighted by atomic mass is 16.6. The molecule has 0 radical (unpaired) electrons. The van der Waals surface area contributed by atoms with Gasteiger partial charge in [0.1, 0.15) is 5.60 Å². The topological polar surface area (TPSA) is 49.8 Å². The van der Waals surface area contributed by atoms with Gasteiger partial charge in [-0.05, 0) is 95.9 Å². The quantitative estimate of drug-likeness (QED) is 0.426. The first-order valence-electron chi connectivity index (χ1n) is 12.4. The van der Waals surface area contributed by atoms with E-state index in [0.717, 1.165) is 25.8 Å². The van der Waals surface area contributed by atoms with Crippen LogP contribution in [0.15, 0.2) is 36.4 Å². The van der Waals surface area contributed by atoms with E-state index in [1.165, 1.54) is 49.1 Å². The second kappa shape index (κ2) is 10.5. The van der Waals surface area contributed by atoms with Gasteiger partial charge in [-0.1, -0.05) is 42.8 Å². The number of carbonyl (C=O) groups is 1. The number of esters is 1. The molecule has 1 N–H and O–H groups in total. The van der Waals surface area contributed by atoms with Gasteiger partial charge in [-0.3, -0.25) is 9.69 Å². The normalized spacial score (nSPS) is 27.2. The molecular formula is C28H43NO3. The van der Waals surface area contributed by atoms with Crippen molar-refractivity contribution in [2.75, 3.05) is 19.7 Å². The maximum atomic E-state index is 12.6. The first-order chi connectivity index (χ1) is 15.1. The molecule has 4 heteroatoms. The summed E-state index contributed by atoms with van der Waals surface area (Å²) in [5.41, 5.74) is 2.91. The van der Waals surface area contributed by atoms with E-state index in [9.17, 15) is 9.90 Å². The van der Waals surface area contributed by atoms with Gasteiger partial charge in [-0.15, -0.1) is 0 Å². The number of hydrogen-bond acceptors (Lipinski definition) is 4. The lowest BCUT2D eigenvalue weighted by Crippen LogP contribution is -2.39. The molecule has 3 rings (SSSR count). The van der Waals surface area contributed by atoms with Gasteiger partial charge in [-0.2, -0.15) is 0 Å². The fourth-order valence-corrected chi connectivity index (χ4v) is 5.60. The van der Waals surface area contributed by atoms with Crippen molar-refractivity contribution in [2.24, 2.45) is 11.3 Å². The zero-order valence-corrected chi connectivity index (χ0v) is 20.7. The summed E-state index contributed by atoms with van der Waals surface area (Å²) in [6.45, 7) is 15.5. The highest BCUT2D eigenvalue weighted by Crippen LogP contribution is 2.51. The molecule has 2 fully saturated rings. The monoisotopic (exact) mass is 441 g/mol. The molecule has 0 amide bonds. The summed E-state index contributed by atoms with van der Waals surface area (Å²) in [6.07, 6.45) is 6.79. The molecule has 1 aromatic carbocycles. The number of carbonyl (C=O) groups excluding carboxylic acids is 1. The van der Waals surface area contributed by atoms with Crippen molar-refractivity contribution in [1.82, 2.24) is 4.90 Å². The third kappa shape index (κ3) is 6.68. The Balaban J connectivity index is 1.75. The van der Waals surface area contributed by atoms with E-state index in [2.05, 4.69) is 42.7 Å². The van der Waals surface area contributed by atoms with E-state index in [4.69, 9.17) is 4.74 Å². The van der Waals surface area contributed by atoms with Crippen molar-refractivity contribution < 1.29 is 14.6 Å². The lowest BCUT2D eigenvalue weighted by molar-refractivity contribution is -0.159. The van der Waals surface area contributed by atoms with E-state index >= 15 is 0 Å². The third-order valence-electron chi connectivity index (χ3n) is 7.29. The number of aliphatic hydroxyl groups excluding tert-OH is 1. The molecule has 0 unspecified atom stereocenters. The highest BCUT2D eigenvalue weighted by molar-refractivity contribution is 5.71. The first-order valence-corrected chi connectivity index (χ1v) is 12.4. The number of rotatable bonds is 7. The Bertz CT molecular complexity index is 773. The van der Waals surface area contributed by atoms with Gasteiger partial charge in [0.15, 0.2) is 0 Å². The van der Waals surface area contributed by atoms with E-state index < -0.39 is 11.0 Å². The molecule has 0 aromatic heterocycles. The zero-order valence-electron chi connectivity index (χ0n) is 20.7. The van der Waals surface area contributed by atoms with Gasteiger partial charge in [0.05, 0.1) is 6.42 Å². The van der Waals surface area contributed by atoms with Crippen LogP contribution < -0.4 is 0 Å². The van der Waals surface area contributed by atoms with Crippen molar-refractivity contribution in [1.29, 1.82) is 0 Å². The van der Waals surface area contributed by atoms with Crippen LogP contribution in [0, 0.1) is 11.3 Å². The predicted molar refractivity (Wildman–Crippen MR) is 130 cm³/mol. The second-order valence-electron chi connectivity index (χ2n) is 11.3. The van der Waals surface area contributed by atoms with Gasteiger partial charge in [-0.25, -0.2) is 0 Å². The average molecular weight is 442 g/mol. The van der Waals surface area contributed by atoms with E-state index in [1.807, 2.05) is 20.8 Å². The zero-order chi connectivity index (χ0) is 23.4. The van der Waals surface area contributed by atoms with Crippen LogP contribution in [-0.2, 0) is 16.1 Å². The fourth-order valence-electron chi connectivity index (χ4n) is 5.60. The Hall–Kier alpha value is -1.65. The summed E-state index contributed by atoms with van der Waals surface area (Å²) in [5.74, 6) is 0.428. The van der Waals surface area contributed by atoms with Crippen molar-refractivity contribution in [3.05, 3.63) is 47.5 Å². The van der Waals surface area contributed by atoms with E-state index in [1.54, 1.807) is 0 Å². The molecule has 1 aliphatic heterocycles. The molecule has 2 aliphatic rings. The summed E-state index contributed by atoms with van der Waals surface area (Å²) < 4.78 is 5.60. The number of allylic oxidation sites excluding steroid dienone is 1. The second-order valence-corrected chi connectivity index (χ2v) is 11.3. The van der Waals surface area contributed by atoms with Gasteiger partial charge in [0.2, 0.25) is 0 Å². The number of hydrogen-bond donors (Lipinski definition) is 1. The number of benzene rings is 1. The van der Waals surface area contributed by atoms with Crippen LogP contribution in [0.25, 0.3) is 0 Å². The Labute approximate surface area is 195 Å². The molecular weight excluding hydrogens is 398 g/mol. The van der Waals surface area contributed by atoms with Crippen molar-refractivity contribution >= 4 is 5.97 Å². The van der Waals surface area contributed by atoms with Crippen LogP contribution in [-0.4, -0.2) is 41.3 Å². The molecule has 1 saturated carbocycles. The maximum Gasteiger partial charge on any atom is 0.306 e. The van der Waals surface area contributed by atoms with Gasteiger partial charge in [0.25, 0.3) is 0 Å². The SMILES string of the molecule is C=C(C)[C@@H]1CC[C@@](CO)(CC(=O)OC(C)(C)C)C[C@H]1c1ccc(CN2CCCCC2)cc1. The fraction of sp³-hybridized carbons (Fsp3) is 0.679. The molecule has 32 heavy (non-hydrogen) atoms. The molecule has 1 aliphatic carbocycles. The summed E-state index contributed by atoms with van der Waals surface area (Å²) in [7, 11) is 0. The van der Waals surface area contributed by atoms with Crippen LogP contribution in [0.1, 0.15) is 89.7 Å². The molecule has 1 heterocycles. The number of nitrogens with zero attached hydrogens (tertiary/aromatic N) is 1. The molecule has 0 bridgehead atoms. The summed E-state index contributed by atoms with van der Waals surface area (Å²) in [5, 5.41) is 10.4. The smallest absolute Gasteiger partial charge is 0.306 e. The minimum atomic E-state index is -0.508. The lowest BCUT2D eigenvalue weighted by atomic mass is 9.61. The Morgan fingerprint density at radius 2 is 1.84 bits per heavy atom. The van der Waals surface area contributed by atoms with Gasteiger partial charge in [0, 0.05) is 18.6 Å². The van der Waals surface area contributed by atoms with Gasteiger partial charge >= 0.3 is 5.97 Å². The Morgan fingerprint density at radius 1 is 1.19 bits per heavy atom. The van der Waals surface area contributed by atoms with Crippen LogP contribution in [0.2, 0.25) is 0 Å². The van der Waals surface area contributed by atoms with E-state index in [-0.39, 0.29) is 24.9 Å². The van der Waals surface area contributed by atoms with Crippen LogP contribution >= 0.6 is 0 Å². The molecule has 178 valence electrons. The summed E-state index contributed by atoms with van der Waals surface area (Å²) in [4.78, 5) is 15.2. The standard InChI is InChI=1S/C28H43NO3/c1-21(2)24-13-14-28(20-30,18-26(31)32-27(3,4)5)17-25(24)23-11-9-22(10-12-23)19-29-15-7-6-8-16-29/h9-12,24-25,30H,1,6-8,13-20H2,2-5H3/t24-,25-,28-/m0/s1. The summed E-state index contributed by atoms with van der Waals surface area (Å²) in [6, 6.07) is 9.06. The van der Waals surface area contributed by atoms with Crippen LogP contribution in [0.4, 0.5) is 0 Å². The van der Waals surface area contributed by atoms with Crippen LogP contribution in [0.3, 0.4) is 0 Å². The van der Waals surface area contributed by atoms with Crippen molar-refractivity contribution in [2.45, 2.75) is 90.7 Å².